The van der Waals surface area contributed by atoms with E-state index in [0.29, 0.717) is 0 Å². The topological polar surface area (TPSA) is 45.5 Å². The third-order valence-electron chi connectivity index (χ3n) is 8.20. The van der Waals surface area contributed by atoms with Crippen LogP contribution in [-0.4, -0.2) is 35.6 Å². The summed E-state index contributed by atoms with van der Waals surface area (Å²) in [5, 5.41) is 2.47. The van der Waals surface area contributed by atoms with Gasteiger partial charge in [-0.05, 0) is 59.3 Å². The minimum Gasteiger partial charge on any atom is -0.312 e. The molecule has 10 rings (SSSR count). The summed E-state index contributed by atoms with van der Waals surface area (Å²) < 4.78 is 10.3. The van der Waals surface area contributed by atoms with Gasteiger partial charge in [0.25, 0.3) is 0 Å². The third kappa shape index (κ3) is 1.86. The van der Waals surface area contributed by atoms with E-state index in [1.165, 1.54) is 33.2 Å². The van der Waals surface area contributed by atoms with Crippen LogP contribution in [0, 0.1) is 0 Å². The largest absolute Gasteiger partial charge is 0.524 e. The van der Waals surface area contributed by atoms with E-state index in [2.05, 4.69) is 126 Å². The fourth-order valence-corrected chi connectivity index (χ4v) is 12.0. The molecule has 0 bridgehead atoms. The van der Waals surface area contributed by atoms with E-state index < -0.39 is 8.72 Å². The van der Waals surface area contributed by atoms with E-state index in [9.17, 15) is 0 Å². The van der Waals surface area contributed by atoms with Gasteiger partial charge in [0, 0.05) is 11.0 Å². The molecule has 2 aliphatic rings. The molecule has 0 atom stereocenters. The van der Waals surface area contributed by atoms with Crippen LogP contribution in [0.2, 0.25) is 0 Å². The van der Waals surface area contributed by atoms with Crippen molar-refractivity contribution in [2.45, 2.75) is 0 Å². The molecule has 0 N–H and O–H groups in total. The van der Waals surface area contributed by atoms with E-state index in [4.69, 9.17) is 9.97 Å². The lowest BCUT2D eigenvalue weighted by Crippen LogP contribution is -2.59. The SMILES string of the molecule is c1ccc2c(c1)cc1n2[Si]2(n3c(cc4ccccc43)-c3nc4ccccc4n32)n2c-1nc1ccccc12. The van der Waals surface area contributed by atoms with Crippen LogP contribution >= 0.6 is 0 Å². The van der Waals surface area contributed by atoms with Crippen LogP contribution in [0.4, 0.5) is 0 Å². The van der Waals surface area contributed by atoms with Gasteiger partial charge in [-0.2, -0.15) is 0 Å². The van der Waals surface area contributed by atoms with Gasteiger partial charge in [0.2, 0.25) is 0 Å². The maximum Gasteiger partial charge on any atom is 0.524 e. The maximum atomic E-state index is 5.25. The van der Waals surface area contributed by atoms with Crippen LogP contribution in [0.15, 0.2) is 109 Å². The molecule has 0 aliphatic carbocycles. The average molecular weight is 491 g/mol. The van der Waals surface area contributed by atoms with Crippen molar-refractivity contribution in [3.05, 3.63) is 109 Å². The molecular formula is C30H18N6Si. The van der Waals surface area contributed by atoms with Gasteiger partial charge < -0.3 is 8.47 Å². The van der Waals surface area contributed by atoms with Crippen molar-refractivity contribution in [1.82, 2.24) is 26.9 Å². The second-order valence-corrected chi connectivity index (χ2v) is 13.0. The lowest BCUT2D eigenvalue weighted by molar-refractivity contribution is 0.957. The number of nitrogens with zero attached hydrogens (tertiary/aromatic N) is 6. The number of aromatic nitrogens is 6. The van der Waals surface area contributed by atoms with Crippen LogP contribution in [0.1, 0.15) is 0 Å². The highest BCUT2D eigenvalue weighted by molar-refractivity contribution is 6.80. The monoisotopic (exact) mass is 490 g/mol. The van der Waals surface area contributed by atoms with Crippen LogP contribution in [-0.2, 0) is 0 Å². The molecule has 0 amide bonds. The number of benzene rings is 4. The fraction of sp³-hybridized carbons (Fsp3) is 0. The highest BCUT2D eigenvalue weighted by Crippen LogP contribution is 2.50. The second-order valence-electron chi connectivity index (χ2n) is 9.97. The van der Waals surface area contributed by atoms with Gasteiger partial charge in [-0.3, -0.25) is 8.47 Å². The number of rotatable bonds is 0. The summed E-state index contributed by atoms with van der Waals surface area (Å²) in [6.45, 7) is 0. The third-order valence-corrected chi connectivity index (χ3v) is 12.5. The minimum atomic E-state index is -3.06. The van der Waals surface area contributed by atoms with Crippen molar-refractivity contribution in [3.8, 4) is 23.0 Å². The molecule has 0 radical (unpaired) electrons. The minimum absolute atomic E-state index is 1.02. The molecule has 0 saturated heterocycles. The summed E-state index contributed by atoms with van der Waals surface area (Å²) in [6.07, 6.45) is 0. The molecule has 37 heavy (non-hydrogen) atoms. The normalized spacial score (nSPS) is 14.7. The molecule has 0 fully saturated rings. The number of hydrogen-bond donors (Lipinski definition) is 0. The highest BCUT2D eigenvalue weighted by atomic mass is 28.4. The van der Waals surface area contributed by atoms with E-state index >= 15 is 0 Å². The quantitative estimate of drug-likeness (QED) is 0.238. The van der Waals surface area contributed by atoms with Gasteiger partial charge in [0.05, 0.1) is 33.5 Å². The Bertz CT molecular complexity index is 1950. The van der Waals surface area contributed by atoms with E-state index in [1.54, 1.807) is 0 Å². The molecule has 0 unspecified atom stereocenters. The number of fused-ring (bicyclic) bond motifs is 18. The number of para-hydroxylation sites is 6. The van der Waals surface area contributed by atoms with Crippen molar-refractivity contribution in [2.75, 3.05) is 0 Å². The standard InChI is InChI=1S/C30H18N6Si/c1-5-13-23-19(9-1)17-27-29-31-21-11-3-7-15-25(21)35(29)37(33(23)27)34-24-14-6-2-10-20(24)18-28(34)30-32-22-12-4-8-16-26(22)36(30)37/h1-18H. The van der Waals surface area contributed by atoms with Gasteiger partial charge in [-0.1, -0.05) is 60.7 Å². The van der Waals surface area contributed by atoms with Crippen molar-refractivity contribution in [2.24, 2.45) is 0 Å². The van der Waals surface area contributed by atoms with Gasteiger partial charge in [-0.25, -0.2) is 9.97 Å². The summed E-state index contributed by atoms with van der Waals surface area (Å²) >= 11 is 0. The predicted octanol–water partition coefficient (Wildman–Crippen LogP) is 6.18. The summed E-state index contributed by atoms with van der Waals surface area (Å²) in [4.78, 5) is 10.5. The molecule has 8 aromatic rings. The van der Waals surface area contributed by atoms with Crippen molar-refractivity contribution in [1.29, 1.82) is 0 Å². The first-order valence-corrected chi connectivity index (χ1v) is 14.3. The Labute approximate surface area is 211 Å². The molecule has 172 valence electrons. The lowest BCUT2D eigenvalue weighted by Gasteiger charge is -2.31. The first-order valence-electron chi connectivity index (χ1n) is 12.5. The molecule has 6 heterocycles. The van der Waals surface area contributed by atoms with Crippen molar-refractivity contribution < 1.29 is 0 Å². The fourth-order valence-electron chi connectivity index (χ4n) is 6.89. The number of imidazole rings is 2. The van der Waals surface area contributed by atoms with E-state index in [1.807, 2.05) is 0 Å². The Morgan fingerprint density at radius 2 is 0.838 bits per heavy atom. The van der Waals surface area contributed by atoms with Crippen LogP contribution < -0.4 is 0 Å². The van der Waals surface area contributed by atoms with Gasteiger partial charge in [-0.15, -0.1) is 0 Å². The van der Waals surface area contributed by atoms with Gasteiger partial charge in [0.15, 0.2) is 11.6 Å². The molecular weight excluding hydrogens is 472 g/mol. The zero-order valence-corrected chi connectivity index (χ0v) is 20.6. The first-order chi connectivity index (χ1) is 18.4. The van der Waals surface area contributed by atoms with Crippen molar-refractivity contribution >= 4 is 52.6 Å². The summed E-state index contributed by atoms with van der Waals surface area (Å²) in [5.41, 5.74) is 9.16. The van der Waals surface area contributed by atoms with E-state index in [0.717, 1.165) is 33.7 Å². The Morgan fingerprint density at radius 3 is 1.32 bits per heavy atom. The van der Waals surface area contributed by atoms with Crippen LogP contribution in [0.25, 0.3) is 66.9 Å². The number of hydrogen-bond acceptors (Lipinski definition) is 2. The van der Waals surface area contributed by atoms with Crippen LogP contribution in [0.3, 0.4) is 0 Å². The zero-order chi connectivity index (χ0) is 23.9. The van der Waals surface area contributed by atoms with Crippen molar-refractivity contribution in [3.63, 3.8) is 0 Å². The zero-order valence-electron chi connectivity index (χ0n) is 19.6. The molecule has 6 nitrogen and oxygen atoms in total. The van der Waals surface area contributed by atoms with E-state index in [-0.39, 0.29) is 0 Å². The smallest absolute Gasteiger partial charge is 0.312 e. The molecule has 0 saturated carbocycles. The molecule has 4 aromatic carbocycles. The Balaban J connectivity index is 1.56. The lowest BCUT2D eigenvalue weighted by atomic mass is 10.2. The summed E-state index contributed by atoms with van der Waals surface area (Å²) in [7, 11) is -3.06. The average Bonchev–Trinajstić information content (AvgIpc) is 3.74. The van der Waals surface area contributed by atoms with Crippen LogP contribution in [0.5, 0.6) is 0 Å². The Morgan fingerprint density at radius 1 is 0.432 bits per heavy atom. The summed E-state index contributed by atoms with van der Waals surface area (Å²) in [6, 6.07) is 39.2. The molecule has 2 aliphatic heterocycles. The molecule has 4 aromatic heterocycles. The highest BCUT2D eigenvalue weighted by Gasteiger charge is 2.61. The van der Waals surface area contributed by atoms with Gasteiger partial charge >= 0.3 is 8.72 Å². The predicted molar refractivity (Wildman–Crippen MR) is 149 cm³/mol. The first kappa shape index (κ1) is 18.4. The van der Waals surface area contributed by atoms with Gasteiger partial charge in [0.1, 0.15) is 0 Å². The maximum absolute atomic E-state index is 5.25. The Kier molecular flexibility index (Phi) is 2.94. The Hall–Kier alpha value is -4.88. The summed E-state index contributed by atoms with van der Waals surface area (Å²) in [5.74, 6) is 2.05. The second kappa shape index (κ2) is 5.91. The molecule has 7 heteroatoms. The molecule has 1 spiro atoms.